The zero-order valence-electron chi connectivity index (χ0n) is 8.56. The molecular weight excluding hydrogens is 228 g/mol. The summed E-state index contributed by atoms with van der Waals surface area (Å²) in [6.45, 7) is -0.137. The molecule has 0 unspecified atom stereocenters. The molecular formula is C10H10N2O3S. The maximum absolute atomic E-state index is 10.4. The third kappa shape index (κ3) is 2.06. The summed E-state index contributed by atoms with van der Waals surface area (Å²) in [5.74, 6) is -0.219. The highest BCUT2D eigenvalue weighted by Gasteiger charge is 2.08. The molecule has 0 radical (unpaired) electrons. The van der Waals surface area contributed by atoms with Crippen molar-refractivity contribution >= 4 is 32.7 Å². The first-order valence-corrected chi connectivity index (χ1v) is 5.41. The van der Waals surface area contributed by atoms with Crippen LogP contribution in [0.3, 0.4) is 0 Å². The van der Waals surface area contributed by atoms with Crippen LogP contribution in [-0.2, 0) is 4.79 Å². The van der Waals surface area contributed by atoms with E-state index < -0.39 is 5.97 Å². The normalized spacial score (nSPS) is 10.3. The van der Waals surface area contributed by atoms with Gasteiger partial charge in [-0.2, -0.15) is 0 Å². The third-order valence-electron chi connectivity index (χ3n) is 1.99. The van der Waals surface area contributed by atoms with E-state index >= 15 is 0 Å². The second kappa shape index (κ2) is 4.36. The largest absolute Gasteiger partial charge is 0.494 e. The van der Waals surface area contributed by atoms with E-state index in [1.165, 1.54) is 11.3 Å². The number of thiazole rings is 1. The number of carboxylic acids is 1. The molecule has 0 bridgehead atoms. The molecule has 0 aliphatic heterocycles. The summed E-state index contributed by atoms with van der Waals surface area (Å²) in [6.07, 6.45) is 0. The number of hydrogen-bond donors (Lipinski definition) is 2. The summed E-state index contributed by atoms with van der Waals surface area (Å²) in [6, 6.07) is 5.62. The average Bonchev–Trinajstić information content (AvgIpc) is 2.68. The lowest BCUT2D eigenvalue weighted by atomic mass is 10.3. The standard InChI is InChI=1S/C10H10N2O3S/c1-15-6-3-2-4-7-9(6)12-10(16-7)11-5-8(13)14/h2-4H,5H2,1H3,(H,11,12)(H,13,14). The number of fused-ring (bicyclic) bond motifs is 1. The fourth-order valence-corrected chi connectivity index (χ4v) is 2.19. The van der Waals surface area contributed by atoms with Gasteiger partial charge in [-0.15, -0.1) is 0 Å². The summed E-state index contributed by atoms with van der Waals surface area (Å²) in [7, 11) is 1.58. The van der Waals surface area contributed by atoms with Crippen molar-refractivity contribution in [1.29, 1.82) is 0 Å². The van der Waals surface area contributed by atoms with Gasteiger partial charge in [0.1, 0.15) is 17.8 Å². The molecule has 1 aromatic carbocycles. The number of aliphatic carboxylic acids is 1. The first kappa shape index (κ1) is 10.7. The van der Waals surface area contributed by atoms with Crippen LogP contribution >= 0.6 is 11.3 Å². The fraction of sp³-hybridized carbons (Fsp3) is 0.200. The summed E-state index contributed by atoms with van der Waals surface area (Å²) in [5, 5.41) is 11.9. The van der Waals surface area contributed by atoms with Gasteiger partial charge in [-0.25, -0.2) is 4.98 Å². The van der Waals surface area contributed by atoms with Crippen molar-refractivity contribution in [2.24, 2.45) is 0 Å². The Hall–Kier alpha value is -1.82. The van der Waals surface area contributed by atoms with Gasteiger partial charge in [-0.3, -0.25) is 4.79 Å². The van der Waals surface area contributed by atoms with Gasteiger partial charge in [-0.1, -0.05) is 17.4 Å². The number of benzene rings is 1. The van der Waals surface area contributed by atoms with Gasteiger partial charge in [0.25, 0.3) is 0 Å². The summed E-state index contributed by atoms with van der Waals surface area (Å²) in [4.78, 5) is 14.7. The molecule has 0 spiro atoms. The summed E-state index contributed by atoms with van der Waals surface area (Å²) >= 11 is 1.40. The fourth-order valence-electron chi connectivity index (χ4n) is 1.31. The van der Waals surface area contributed by atoms with Crippen LogP contribution in [0, 0.1) is 0 Å². The number of hydrogen-bond acceptors (Lipinski definition) is 5. The molecule has 2 N–H and O–H groups in total. The minimum Gasteiger partial charge on any atom is -0.494 e. The van der Waals surface area contributed by atoms with Gasteiger partial charge in [0.15, 0.2) is 5.13 Å². The van der Waals surface area contributed by atoms with Crippen molar-refractivity contribution in [3.63, 3.8) is 0 Å². The van der Waals surface area contributed by atoms with Crippen LogP contribution in [0.5, 0.6) is 5.75 Å². The van der Waals surface area contributed by atoms with Crippen LogP contribution in [0.1, 0.15) is 0 Å². The Kier molecular flexibility index (Phi) is 2.91. The number of ether oxygens (including phenoxy) is 1. The Morgan fingerprint density at radius 2 is 2.44 bits per heavy atom. The van der Waals surface area contributed by atoms with Crippen LogP contribution in [0.2, 0.25) is 0 Å². The van der Waals surface area contributed by atoms with E-state index in [4.69, 9.17) is 9.84 Å². The number of methoxy groups -OCH3 is 1. The monoisotopic (exact) mass is 238 g/mol. The van der Waals surface area contributed by atoms with E-state index in [0.717, 1.165) is 10.2 Å². The highest BCUT2D eigenvalue weighted by atomic mass is 32.1. The van der Waals surface area contributed by atoms with Crippen LogP contribution in [0.4, 0.5) is 5.13 Å². The molecule has 84 valence electrons. The van der Waals surface area contributed by atoms with Gasteiger partial charge in [0.05, 0.1) is 11.8 Å². The van der Waals surface area contributed by atoms with Gasteiger partial charge >= 0.3 is 5.97 Å². The zero-order valence-corrected chi connectivity index (χ0v) is 9.37. The Balaban J connectivity index is 2.32. The lowest BCUT2D eigenvalue weighted by Gasteiger charge is -1.98. The zero-order chi connectivity index (χ0) is 11.5. The molecule has 2 aromatic rings. The van der Waals surface area contributed by atoms with Gasteiger partial charge in [0.2, 0.25) is 0 Å². The predicted octanol–water partition coefficient (Wildman–Crippen LogP) is 1.80. The van der Waals surface area contributed by atoms with Crippen molar-refractivity contribution in [3.05, 3.63) is 18.2 Å². The Bertz CT molecular complexity index is 524. The second-order valence-electron chi connectivity index (χ2n) is 3.07. The first-order valence-electron chi connectivity index (χ1n) is 4.60. The Labute approximate surface area is 95.7 Å². The van der Waals surface area contributed by atoms with E-state index in [1.54, 1.807) is 7.11 Å². The minimum atomic E-state index is -0.911. The molecule has 16 heavy (non-hydrogen) atoms. The molecule has 0 fully saturated rings. The van der Waals surface area contributed by atoms with Gasteiger partial charge in [-0.05, 0) is 12.1 Å². The smallest absolute Gasteiger partial charge is 0.322 e. The average molecular weight is 238 g/mol. The van der Waals surface area contributed by atoms with Gasteiger partial charge < -0.3 is 15.2 Å². The molecule has 0 aliphatic rings. The van der Waals surface area contributed by atoms with E-state index in [2.05, 4.69) is 10.3 Å². The summed E-state index contributed by atoms with van der Waals surface area (Å²) in [5.41, 5.74) is 0.753. The van der Waals surface area contributed by atoms with Crippen molar-refractivity contribution in [2.45, 2.75) is 0 Å². The second-order valence-corrected chi connectivity index (χ2v) is 4.10. The van der Waals surface area contributed by atoms with Crippen molar-refractivity contribution < 1.29 is 14.6 Å². The molecule has 0 atom stereocenters. The maximum Gasteiger partial charge on any atom is 0.322 e. The molecule has 5 nitrogen and oxygen atoms in total. The number of carbonyl (C=O) groups is 1. The number of anilines is 1. The molecule has 0 aliphatic carbocycles. The van der Waals surface area contributed by atoms with Crippen LogP contribution in [0.15, 0.2) is 18.2 Å². The molecule has 1 heterocycles. The Morgan fingerprint density at radius 3 is 3.12 bits per heavy atom. The topological polar surface area (TPSA) is 71.5 Å². The lowest BCUT2D eigenvalue weighted by molar-refractivity contribution is -0.134. The molecule has 0 saturated heterocycles. The molecule has 0 amide bonds. The number of nitrogens with zero attached hydrogens (tertiary/aromatic N) is 1. The third-order valence-corrected chi connectivity index (χ3v) is 2.97. The van der Waals surface area contributed by atoms with Crippen molar-refractivity contribution in [3.8, 4) is 5.75 Å². The minimum absolute atomic E-state index is 0.137. The SMILES string of the molecule is COc1cccc2sc(NCC(=O)O)nc12. The summed E-state index contributed by atoms with van der Waals surface area (Å²) < 4.78 is 6.13. The van der Waals surface area contributed by atoms with E-state index in [1.807, 2.05) is 18.2 Å². The van der Waals surface area contributed by atoms with E-state index in [-0.39, 0.29) is 6.54 Å². The van der Waals surface area contributed by atoms with E-state index in [0.29, 0.717) is 10.9 Å². The molecule has 6 heteroatoms. The van der Waals surface area contributed by atoms with Gasteiger partial charge in [0, 0.05) is 0 Å². The lowest BCUT2D eigenvalue weighted by Crippen LogP contribution is -2.11. The number of para-hydroxylation sites is 1. The highest BCUT2D eigenvalue weighted by molar-refractivity contribution is 7.22. The quantitative estimate of drug-likeness (QED) is 0.849. The predicted molar refractivity (Wildman–Crippen MR) is 62.3 cm³/mol. The molecule has 2 rings (SSSR count). The van der Waals surface area contributed by atoms with Crippen LogP contribution < -0.4 is 10.1 Å². The first-order chi connectivity index (χ1) is 7.70. The van der Waals surface area contributed by atoms with Crippen molar-refractivity contribution in [1.82, 2.24) is 4.98 Å². The van der Waals surface area contributed by atoms with E-state index in [9.17, 15) is 4.79 Å². The van der Waals surface area contributed by atoms with Crippen molar-refractivity contribution in [2.75, 3.05) is 19.0 Å². The molecule has 0 saturated carbocycles. The Morgan fingerprint density at radius 1 is 1.62 bits per heavy atom. The molecule has 1 aromatic heterocycles. The van der Waals surface area contributed by atoms with Crippen LogP contribution in [0.25, 0.3) is 10.2 Å². The highest BCUT2D eigenvalue weighted by Crippen LogP contribution is 2.31. The number of carboxylic acid groups (broad SMARTS) is 1. The van der Waals surface area contributed by atoms with Crippen LogP contribution in [-0.4, -0.2) is 29.7 Å². The maximum atomic E-state index is 10.4. The number of nitrogens with one attached hydrogen (secondary N) is 1. The number of aromatic nitrogens is 1. The number of rotatable bonds is 4.